The zero-order valence-corrected chi connectivity index (χ0v) is 18.5. The maximum atomic E-state index is 13.2. The molecule has 5 nitrogen and oxygen atoms in total. The normalized spacial score (nSPS) is 13.2. The van der Waals surface area contributed by atoms with Crippen LogP contribution in [0.3, 0.4) is 0 Å². The molecule has 9 heteroatoms. The van der Waals surface area contributed by atoms with Gasteiger partial charge in [-0.05, 0) is 59.7 Å². The van der Waals surface area contributed by atoms with Crippen molar-refractivity contribution in [3.05, 3.63) is 79.5 Å². The van der Waals surface area contributed by atoms with Crippen molar-refractivity contribution in [2.45, 2.75) is 19.0 Å². The van der Waals surface area contributed by atoms with Crippen molar-refractivity contribution in [1.82, 2.24) is 20.1 Å². The molecular weight excluding hydrogens is 444 g/mol. The van der Waals surface area contributed by atoms with E-state index in [1.165, 1.54) is 0 Å². The molecular formula is C20H17ClN4OS3. The van der Waals surface area contributed by atoms with E-state index in [2.05, 4.69) is 15.5 Å². The van der Waals surface area contributed by atoms with Gasteiger partial charge in [0.2, 0.25) is 5.91 Å². The Hall–Kier alpha value is -2.26. The minimum atomic E-state index is -0.534. The number of thiophene rings is 2. The molecule has 0 bridgehead atoms. The first-order chi connectivity index (χ1) is 14.0. The van der Waals surface area contributed by atoms with Gasteiger partial charge >= 0.3 is 0 Å². The van der Waals surface area contributed by atoms with Crippen LogP contribution in [0.25, 0.3) is 10.7 Å². The summed E-state index contributed by atoms with van der Waals surface area (Å²) in [7, 11) is 0. The lowest BCUT2D eigenvalue weighted by Crippen LogP contribution is -2.34. The number of H-pyrrole nitrogens is 1. The molecule has 0 radical (unpaired) electrons. The SMILES string of the molecule is CC(C(=O)NC(c1ccc(Cl)cc1)c1cccs1)n1c(-c2cccs2)n[nH]c1=S. The van der Waals surface area contributed by atoms with Crippen LogP contribution in [0.4, 0.5) is 0 Å². The molecule has 1 amide bonds. The molecule has 0 aliphatic carbocycles. The van der Waals surface area contributed by atoms with Crippen LogP contribution < -0.4 is 5.32 Å². The van der Waals surface area contributed by atoms with Gasteiger partial charge in [-0.3, -0.25) is 14.5 Å². The summed E-state index contributed by atoms with van der Waals surface area (Å²) in [6, 6.07) is 14.6. The largest absolute Gasteiger partial charge is 0.343 e. The van der Waals surface area contributed by atoms with E-state index in [-0.39, 0.29) is 11.9 Å². The first-order valence-corrected chi connectivity index (χ1v) is 11.4. The minimum Gasteiger partial charge on any atom is -0.343 e. The number of hydrogen-bond acceptors (Lipinski definition) is 5. The van der Waals surface area contributed by atoms with Crippen LogP contribution in [-0.4, -0.2) is 20.7 Å². The quantitative estimate of drug-likeness (QED) is 0.355. The molecule has 4 aromatic rings. The van der Waals surface area contributed by atoms with Gasteiger partial charge in [-0.15, -0.1) is 22.7 Å². The van der Waals surface area contributed by atoms with Gasteiger partial charge < -0.3 is 5.32 Å². The van der Waals surface area contributed by atoms with Gasteiger partial charge in [-0.25, -0.2) is 0 Å². The third-order valence-corrected chi connectivity index (χ3v) is 6.87. The topological polar surface area (TPSA) is 62.7 Å². The maximum absolute atomic E-state index is 13.2. The number of aromatic amines is 1. The average Bonchev–Trinajstić information content (AvgIpc) is 3.47. The van der Waals surface area contributed by atoms with E-state index >= 15 is 0 Å². The minimum absolute atomic E-state index is 0.145. The highest BCUT2D eigenvalue weighted by molar-refractivity contribution is 7.71. The summed E-state index contributed by atoms with van der Waals surface area (Å²) >= 11 is 14.6. The third-order valence-electron chi connectivity index (χ3n) is 4.53. The summed E-state index contributed by atoms with van der Waals surface area (Å²) in [5, 5.41) is 14.9. The Morgan fingerprint density at radius 1 is 1.17 bits per heavy atom. The number of benzene rings is 1. The number of nitrogens with one attached hydrogen (secondary N) is 2. The lowest BCUT2D eigenvalue weighted by Gasteiger charge is -2.22. The molecule has 0 aliphatic heterocycles. The molecule has 29 heavy (non-hydrogen) atoms. The van der Waals surface area contributed by atoms with Crippen LogP contribution in [0.2, 0.25) is 5.02 Å². The zero-order valence-electron chi connectivity index (χ0n) is 15.3. The fourth-order valence-electron chi connectivity index (χ4n) is 3.05. The molecule has 2 atom stereocenters. The maximum Gasteiger partial charge on any atom is 0.243 e. The number of hydrogen-bond donors (Lipinski definition) is 2. The van der Waals surface area contributed by atoms with E-state index in [1.807, 2.05) is 66.2 Å². The molecule has 2 N–H and O–H groups in total. The fraction of sp³-hybridized carbons (Fsp3) is 0.150. The van der Waals surface area contributed by atoms with Gasteiger partial charge in [-0.2, -0.15) is 5.10 Å². The molecule has 2 unspecified atom stereocenters. The molecule has 0 spiro atoms. The monoisotopic (exact) mass is 460 g/mol. The van der Waals surface area contributed by atoms with Crippen LogP contribution >= 0.6 is 46.5 Å². The van der Waals surface area contributed by atoms with Crippen molar-refractivity contribution >= 4 is 52.4 Å². The van der Waals surface area contributed by atoms with Crippen LogP contribution in [0.15, 0.2) is 59.3 Å². The number of nitrogens with zero attached hydrogens (tertiary/aromatic N) is 2. The van der Waals surface area contributed by atoms with E-state index in [0.717, 1.165) is 15.3 Å². The van der Waals surface area contributed by atoms with Gasteiger partial charge in [0, 0.05) is 9.90 Å². The molecule has 0 fully saturated rings. The Morgan fingerprint density at radius 2 is 1.90 bits per heavy atom. The molecule has 4 rings (SSSR count). The molecule has 0 aliphatic rings. The van der Waals surface area contributed by atoms with Crippen LogP contribution in [0, 0.1) is 4.77 Å². The predicted octanol–water partition coefficient (Wildman–Crippen LogP) is 5.85. The Balaban J connectivity index is 1.64. The lowest BCUT2D eigenvalue weighted by atomic mass is 10.0. The summed E-state index contributed by atoms with van der Waals surface area (Å²) in [6.45, 7) is 1.82. The molecule has 0 saturated heterocycles. The van der Waals surface area contributed by atoms with Crippen molar-refractivity contribution < 1.29 is 4.79 Å². The smallest absolute Gasteiger partial charge is 0.243 e. The van der Waals surface area contributed by atoms with E-state index in [0.29, 0.717) is 15.6 Å². The van der Waals surface area contributed by atoms with Crippen LogP contribution in [0.5, 0.6) is 0 Å². The summed E-state index contributed by atoms with van der Waals surface area (Å²) in [5.41, 5.74) is 0.965. The highest BCUT2D eigenvalue weighted by atomic mass is 35.5. The first kappa shape index (κ1) is 20.0. The molecule has 3 aromatic heterocycles. The van der Waals surface area contributed by atoms with Gasteiger partial charge in [0.05, 0.1) is 10.9 Å². The molecule has 0 saturated carbocycles. The van der Waals surface area contributed by atoms with Gasteiger partial charge in [0.25, 0.3) is 0 Å². The summed E-state index contributed by atoms with van der Waals surface area (Å²) < 4.78 is 2.17. The Bertz CT molecular complexity index is 1150. The second-order valence-corrected chi connectivity index (χ2v) is 9.13. The van der Waals surface area contributed by atoms with Crippen molar-refractivity contribution in [2.75, 3.05) is 0 Å². The Labute approximate surface area is 186 Å². The molecule has 1 aromatic carbocycles. The van der Waals surface area contributed by atoms with E-state index in [9.17, 15) is 4.79 Å². The number of rotatable bonds is 6. The predicted molar refractivity (Wildman–Crippen MR) is 121 cm³/mol. The van der Waals surface area contributed by atoms with Gasteiger partial charge in [-0.1, -0.05) is 35.9 Å². The van der Waals surface area contributed by atoms with Crippen molar-refractivity contribution in [2.24, 2.45) is 0 Å². The van der Waals surface area contributed by atoms with Gasteiger partial charge in [0.15, 0.2) is 10.6 Å². The number of carbonyl (C=O) groups excluding carboxylic acids is 1. The molecule has 148 valence electrons. The highest BCUT2D eigenvalue weighted by Gasteiger charge is 2.25. The highest BCUT2D eigenvalue weighted by Crippen LogP contribution is 2.29. The zero-order chi connectivity index (χ0) is 20.4. The van der Waals surface area contributed by atoms with Gasteiger partial charge in [0.1, 0.15) is 6.04 Å². The summed E-state index contributed by atoms with van der Waals surface area (Å²) in [6.07, 6.45) is 0. The van der Waals surface area contributed by atoms with E-state index in [1.54, 1.807) is 27.2 Å². The second-order valence-electron chi connectivity index (χ2n) is 6.38. The van der Waals surface area contributed by atoms with E-state index in [4.69, 9.17) is 23.8 Å². The Kier molecular flexibility index (Phi) is 5.96. The standard InChI is InChI=1S/C20H17ClN4OS3/c1-12(25-18(23-24-20(25)27)16-5-3-11-29-16)19(26)22-17(15-4-2-10-28-15)13-6-8-14(21)9-7-13/h2-12,17H,1H3,(H,22,26)(H,24,27). The first-order valence-electron chi connectivity index (χ1n) is 8.84. The number of carbonyl (C=O) groups is 1. The summed E-state index contributed by atoms with van der Waals surface area (Å²) in [4.78, 5) is 15.2. The lowest BCUT2D eigenvalue weighted by molar-refractivity contribution is -0.124. The average molecular weight is 461 g/mol. The van der Waals surface area contributed by atoms with Crippen LogP contribution in [-0.2, 0) is 4.79 Å². The number of amides is 1. The third kappa shape index (κ3) is 4.20. The van der Waals surface area contributed by atoms with E-state index < -0.39 is 6.04 Å². The number of aromatic nitrogens is 3. The summed E-state index contributed by atoms with van der Waals surface area (Å²) in [5.74, 6) is 0.514. The van der Waals surface area contributed by atoms with Crippen LogP contribution in [0.1, 0.15) is 29.4 Å². The Morgan fingerprint density at radius 3 is 2.55 bits per heavy atom. The molecule has 3 heterocycles. The van der Waals surface area contributed by atoms with Crippen molar-refractivity contribution in [1.29, 1.82) is 0 Å². The fourth-order valence-corrected chi connectivity index (χ4v) is 4.98. The van der Waals surface area contributed by atoms with Crippen molar-refractivity contribution in [3.63, 3.8) is 0 Å². The second kappa shape index (κ2) is 8.62. The van der Waals surface area contributed by atoms with Crippen molar-refractivity contribution in [3.8, 4) is 10.7 Å². The number of halogens is 1.